The first-order valence-corrected chi connectivity index (χ1v) is 9.22. The van der Waals surface area contributed by atoms with E-state index in [4.69, 9.17) is 23.2 Å². The van der Waals surface area contributed by atoms with Crippen LogP contribution in [-0.4, -0.2) is 20.7 Å². The Hall–Kier alpha value is -2.44. The van der Waals surface area contributed by atoms with Gasteiger partial charge in [0.25, 0.3) is 5.91 Å². The standard InChI is InChI=1S/C19H15Cl2FN4O/c20-12-5-4-11(15(21)8-12)10-26-16-3-1-2-14(16)18(25-26)19(27)24-13-6-7-23-17(22)9-13/h4-9H,1-3,10H2,(H,23,24,27). The maximum atomic E-state index is 13.2. The molecule has 1 aliphatic carbocycles. The van der Waals surface area contributed by atoms with Crippen molar-refractivity contribution in [2.75, 3.05) is 5.32 Å². The van der Waals surface area contributed by atoms with Crippen molar-refractivity contribution < 1.29 is 9.18 Å². The molecule has 0 spiro atoms. The van der Waals surface area contributed by atoms with E-state index in [-0.39, 0.29) is 5.91 Å². The van der Waals surface area contributed by atoms with Gasteiger partial charge < -0.3 is 5.32 Å². The number of carbonyl (C=O) groups excluding carboxylic acids is 1. The normalized spacial score (nSPS) is 12.9. The van der Waals surface area contributed by atoms with Crippen molar-refractivity contribution in [3.63, 3.8) is 0 Å². The fourth-order valence-corrected chi connectivity index (χ4v) is 3.77. The second-order valence-corrected chi connectivity index (χ2v) is 7.19. The van der Waals surface area contributed by atoms with Crippen molar-refractivity contribution in [1.29, 1.82) is 0 Å². The van der Waals surface area contributed by atoms with Crippen LogP contribution >= 0.6 is 23.2 Å². The summed E-state index contributed by atoms with van der Waals surface area (Å²) in [5.74, 6) is -1.01. The fraction of sp³-hybridized carbons (Fsp3) is 0.211. The molecule has 0 atom stereocenters. The fourth-order valence-electron chi connectivity index (χ4n) is 3.30. The molecule has 0 fully saturated rings. The smallest absolute Gasteiger partial charge is 0.276 e. The molecular formula is C19H15Cl2FN4O. The zero-order valence-electron chi connectivity index (χ0n) is 14.2. The Labute approximate surface area is 165 Å². The highest BCUT2D eigenvalue weighted by Gasteiger charge is 2.26. The summed E-state index contributed by atoms with van der Waals surface area (Å²) in [4.78, 5) is 16.2. The Morgan fingerprint density at radius 3 is 2.85 bits per heavy atom. The highest BCUT2D eigenvalue weighted by atomic mass is 35.5. The van der Waals surface area contributed by atoms with E-state index < -0.39 is 5.95 Å². The number of anilines is 1. The van der Waals surface area contributed by atoms with E-state index in [1.165, 1.54) is 18.3 Å². The molecule has 4 rings (SSSR count). The quantitative estimate of drug-likeness (QED) is 0.650. The first kappa shape index (κ1) is 17.9. The van der Waals surface area contributed by atoms with Crippen LogP contribution in [0.5, 0.6) is 0 Å². The maximum absolute atomic E-state index is 13.2. The van der Waals surface area contributed by atoms with E-state index in [1.54, 1.807) is 12.1 Å². The molecule has 8 heteroatoms. The molecule has 1 amide bonds. The molecule has 27 heavy (non-hydrogen) atoms. The van der Waals surface area contributed by atoms with Gasteiger partial charge in [-0.2, -0.15) is 9.49 Å². The highest BCUT2D eigenvalue weighted by molar-refractivity contribution is 6.35. The van der Waals surface area contributed by atoms with Crippen LogP contribution in [0.1, 0.15) is 33.7 Å². The van der Waals surface area contributed by atoms with Gasteiger partial charge in [-0.3, -0.25) is 9.48 Å². The number of fused-ring (bicyclic) bond motifs is 1. The molecule has 1 aromatic carbocycles. The second kappa shape index (κ2) is 7.29. The molecule has 0 saturated heterocycles. The first-order valence-electron chi connectivity index (χ1n) is 8.46. The van der Waals surface area contributed by atoms with Crippen LogP contribution in [0.3, 0.4) is 0 Å². The summed E-state index contributed by atoms with van der Waals surface area (Å²) in [6.45, 7) is 0.454. The van der Waals surface area contributed by atoms with Gasteiger partial charge in [0.05, 0.1) is 6.54 Å². The molecule has 0 radical (unpaired) electrons. The molecule has 0 saturated carbocycles. The molecule has 3 aromatic rings. The summed E-state index contributed by atoms with van der Waals surface area (Å²) in [6.07, 6.45) is 3.91. The molecule has 5 nitrogen and oxygen atoms in total. The van der Waals surface area contributed by atoms with E-state index in [1.807, 2.05) is 10.7 Å². The molecule has 2 heterocycles. The summed E-state index contributed by atoms with van der Waals surface area (Å²) in [5.41, 5.74) is 3.56. The second-order valence-electron chi connectivity index (χ2n) is 6.34. The average molecular weight is 405 g/mol. The van der Waals surface area contributed by atoms with E-state index >= 15 is 0 Å². The number of hydrogen-bond acceptors (Lipinski definition) is 3. The third kappa shape index (κ3) is 3.68. The van der Waals surface area contributed by atoms with Crippen molar-refractivity contribution in [3.05, 3.63) is 75.0 Å². The first-order chi connectivity index (χ1) is 13.0. The minimum absolute atomic E-state index is 0.342. The molecule has 2 aromatic heterocycles. The summed E-state index contributed by atoms with van der Waals surface area (Å²) in [6, 6.07) is 8.02. The van der Waals surface area contributed by atoms with Crippen molar-refractivity contribution in [1.82, 2.24) is 14.8 Å². The van der Waals surface area contributed by atoms with Gasteiger partial charge in [-0.25, -0.2) is 4.98 Å². The van der Waals surface area contributed by atoms with Crippen molar-refractivity contribution >= 4 is 34.8 Å². The van der Waals surface area contributed by atoms with Gasteiger partial charge in [-0.15, -0.1) is 0 Å². The molecular weight excluding hydrogens is 390 g/mol. The number of rotatable bonds is 4. The maximum Gasteiger partial charge on any atom is 0.276 e. The van der Waals surface area contributed by atoms with Gasteiger partial charge in [0.15, 0.2) is 5.69 Å². The molecule has 1 aliphatic rings. The number of halogens is 3. The number of hydrogen-bond donors (Lipinski definition) is 1. The number of aromatic nitrogens is 3. The summed E-state index contributed by atoms with van der Waals surface area (Å²) in [5, 5.41) is 8.33. The SMILES string of the molecule is O=C(Nc1ccnc(F)c1)c1nn(Cc2ccc(Cl)cc2Cl)c2c1CCC2. The van der Waals surface area contributed by atoms with E-state index in [0.717, 1.165) is 36.1 Å². The number of carbonyl (C=O) groups is 1. The lowest BCUT2D eigenvalue weighted by atomic mass is 10.2. The number of nitrogens with one attached hydrogen (secondary N) is 1. The van der Waals surface area contributed by atoms with Crippen LogP contribution in [0.15, 0.2) is 36.5 Å². The van der Waals surface area contributed by atoms with Gasteiger partial charge in [0.1, 0.15) is 0 Å². The van der Waals surface area contributed by atoms with Crippen LogP contribution in [0, 0.1) is 5.95 Å². The number of pyridine rings is 1. The number of nitrogens with zero attached hydrogens (tertiary/aromatic N) is 3. The Morgan fingerprint density at radius 1 is 1.22 bits per heavy atom. The molecule has 0 bridgehead atoms. The van der Waals surface area contributed by atoms with Crippen LogP contribution in [-0.2, 0) is 19.4 Å². The largest absolute Gasteiger partial charge is 0.320 e. The van der Waals surface area contributed by atoms with E-state index in [9.17, 15) is 9.18 Å². The Bertz CT molecular complexity index is 1030. The lowest BCUT2D eigenvalue weighted by Gasteiger charge is -2.08. The third-order valence-corrected chi connectivity index (χ3v) is 5.13. The predicted molar refractivity (Wildman–Crippen MR) is 102 cm³/mol. The van der Waals surface area contributed by atoms with Crippen LogP contribution < -0.4 is 5.32 Å². The highest BCUT2D eigenvalue weighted by Crippen LogP contribution is 2.28. The molecule has 0 aliphatic heterocycles. The van der Waals surface area contributed by atoms with Gasteiger partial charge in [-0.05, 0) is 43.0 Å². The van der Waals surface area contributed by atoms with Crippen molar-refractivity contribution in [3.8, 4) is 0 Å². The predicted octanol–water partition coefficient (Wildman–Crippen LogP) is 4.51. The Kier molecular flexibility index (Phi) is 4.85. The number of amides is 1. The van der Waals surface area contributed by atoms with Crippen LogP contribution in [0.25, 0.3) is 0 Å². The van der Waals surface area contributed by atoms with Crippen molar-refractivity contribution in [2.24, 2.45) is 0 Å². The van der Waals surface area contributed by atoms with Crippen molar-refractivity contribution in [2.45, 2.75) is 25.8 Å². The topological polar surface area (TPSA) is 59.8 Å². The van der Waals surface area contributed by atoms with Crippen LogP contribution in [0.2, 0.25) is 10.0 Å². The lowest BCUT2D eigenvalue weighted by Crippen LogP contribution is -2.15. The van der Waals surface area contributed by atoms with Crippen LogP contribution in [0.4, 0.5) is 10.1 Å². The minimum Gasteiger partial charge on any atom is -0.320 e. The lowest BCUT2D eigenvalue weighted by molar-refractivity contribution is 0.102. The summed E-state index contributed by atoms with van der Waals surface area (Å²) >= 11 is 12.2. The van der Waals surface area contributed by atoms with Gasteiger partial charge in [0, 0.05) is 39.3 Å². The van der Waals surface area contributed by atoms with E-state index in [2.05, 4.69) is 15.4 Å². The van der Waals surface area contributed by atoms with E-state index in [0.29, 0.717) is 28.0 Å². The third-order valence-electron chi connectivity index (χ3n) is 4.54. The Morgan fingerprint density at radius 2 is 2.07 bits per heavy atom. The Balaban J connectivity index is 1.63. The summed E-state index contributed by atoms with van der Waals surface area (Å²) < 4.78 is 15.1. The number of benzene rings is 1. The van der Waals surface area contributed by atoms with Gasteiger partial charge in [0.2, 0.25) is 5.95 Å². The zero-order chi connectivity index (χ0) is 19.0. The molecule has 0 unspecified atom stereocenters. The average Bonchev–Trinajstić information content (AvgIpc) is 3.21. The summed E-state index contributed by atoms with van der Waals surface area (Å²) in [7, 11) is 0. The van der Waals surface area contributed by atoms with Gasteiger partial charge >= 0.3 is 0 Å². The zero-order valence-corrected chi connectivity index (χ0v) is 15.7. The molecule has 138 valence electrons. The monoisotopic (exact) mass is 404 g/mol. The van der Waals surface area contributed by atoms with Gasteiger partial charge in [-0.1, -0.05) is 29.3 Å². The minimum atomic E-state index is -0.652. The molecule has 1 N–H and O–H groups in total.